The summed E-state index contributed by atoms with van der Waals surface area (Å²) in [5.41, 5.74) is 3.55. The van der Waals surface area contributed by atoms with Gasteiger partial charge in [0.1, 0.15) is 0 Å². The van der Waals surface area contributed by atoms with Crippen molar-refractivity contribution in [2.24, 2.45) is 0 Å². The Morgan fingerprint density at radius 3 is 1.96 bits per heavy atom. The molecule has 1 amide bonds. The molecule has 0 bridgehead atoms. The molecule has 1 atom stereocenters. The van der Waals surface area contributed by atoms with E-state index in [1.807, 2.05) is 48.5 Å². The number of carbonyl (C=O) groups is 1. The van der Waals surface area contributed by atoms with E-state index in [4.69, 9.17) is 0 Å². The molecule has 0 saturated heterocycles. The van der Waals surface area contributed by atoms with Crippen molar-refractivity contribution in [2.45, 2.75) is 31.7 Å². The molecule has 0 aliphatic heterocycles. The molecule has 0 aliphatic carbocycles. The summed E-state index contributed by atoms with van der Waals surface area (Å²) in [6.45, 7) is 2.08. The predicted molar refractivity (Wildman–Crippen MR) is 105 cm³/mol. The summed E-state index contributed by atoms with van der Waals surface area (Å²) in [4.78, 5) is 16.5. The lowest BCUT2D eigenvalue weighted by Crippen LogP contribution is -2.37. The zero-order valence-electron chi connectivity index (χ0n) is 15.0. The van der Waals surface area contributed by atoms with E-state index >= 15 is 0 Å². The van der Waals surface area contributed by atoms with Gasteiger partial charge in [0.25, 0.3) is 0 Å². The van der Waals surface area contributed by atoms with Crippen molar-refractivity contribution in [1.82, 2.24) is 10.3 Å². The zero-order valence-corrected chi connectivity index (χ0v) is 15.0. The molecule has 0 fully saturated rings. The summed E-state index contributed by atoms with van der Waals surface area (Å²) in [7, 11) is 0. The van der Waals surface area contributed by atoms with Crippen LogP contribution in [-0.2, 0) is 11.2 Å². The van der Waals surface area contributed by atoms with Gasteiger partial charge in [-0.2, -0.15) is 0 Å². The zero-order chi connectivity index (χ0) is 18.2. The smallest absolute Gasteiger partial charge is 0.220 e. The molecule has 0 aliphatic rings. The Morgan fingerprint density at radius 2 is 1.42 bits per heavy atom. The molecule has 3 aromatic rings. The van der Waals surface area contributed by atoms with E-state index in [0.29, 0.717) is 6.42 Å². The number of benzene rings is 2. The van der Waals surface area contributed by atoms with E-state index < -0.39 is 0 Å². The lowest BCUT2D eigenvalue weighted by Gasteiger charge is -2.26. The minimum atomic E-state index is 0.00439. The molecule has 0 spiro atoms. The average molecular weight is 344 g/mol. The molecule has 26 heavy (non-hydrogen) atoms. The highest BCUT2D eigenvalue weighted by atomic mass is 16.1. The van der Waals surface area contributed by atoms with Gasteiger partial charge < -0.3 is 5.32 Å². The summed E-state index contributed by atoms with van der Waals surface area (Å²) in [5.74, 6) is 0.202. The summed E-state index contributed by atoms with van der Waals surface area (Å²) in [6.07, 6.45) is 4.72. The fourth-order valence-corrected chi connectivity index (χ4v) is 3.31. The van der Waals surface area contributed by atoms with Crippen molar-refractivity contribution >= 4 is 5.91 Å². The van der Waals surface area contributed by atoms with Crippen molar-refractivity contribution in [3.63, 3.8) is 0 Å². The van der Waals surface area contributed by atoms with Gasteiger partial charge in [-0.1, -0.05) is 60.7 Å². The second-order valence-corrected chi connectivity index (χ2v) is 6.51. The van der Waals surface area contributed by atoms with E-state index in [-0.39, 0.29) is 17.9 Å². The number of hydrogen-bond donors (Lipinski definition) is 1. The van der Waals surface area contributed by atoms with Crippen LogP contribution < -0.4 is 5.32 Å². The molecular weight excluding hydrogens is 320 g/mol. The van der Waals surface area contributed by atoms with Crippen LogP contribution in [0, 0.1) is 0 Å². The molecule has 1 heterocycles. The number of rotatable bonds is 7. The SMILES string of the molecule is CC(NC(=O)CCc1ccncc1)C(c1ccccc1)c1ccccc1. The number of aryl methyl sites for hydroxylation is 1. The Balaban J connectivity index is 1.69. The molecule has 1 aromatic heterocycles. The maximum absolute atomic E-state index is 12.5. The van der Waals surface area contributed by atoms with Gasteiger partial charge in [0.05, 0.1) is 0 Å². The Kier molecular flexibility index (Phi) is 6.15. The van der Waals surface area contributed by atoms with Crippen LogP contribution in [0.1, 0.15) is 36.0 Å². The highest BCUT2D eigenvalue weighted by Gasteiger charge is 2.22. The molecule has 1 N–H and O–H groups in total. The van der Waals surface area contributed by atoms with Crippen LogP contribution in [0.25, 0.3) is 0 Å². The highest BCUT2D eigenvalue weighted by Crippen LogP contribution is 2.28. The minimum absolute atomic E-state index is 0.00439. The van der Waals surface area contributed by atoms with Gasteiger partial charge in [-0.25, -0.2) is 0 Å². The van der Waals surface area contributed by atoms with E-state index in [2.05, 4.69) is 41.5 Å². The molecule has 132 valence electrons. The summed E-state index contributed by atoms with van der Waals surface area (Å²) in [6, 6.07) is 24.6. The van der Waals surface area contributed by atoms with Gasteiger partial charge in [0.2, 0.25) is 5.91 Å². The topological polar surface area (TPSA) is 42.0 Å². The minimum Gasteiger partial charge on any atom is -0.353 e. The Bertz CT molecular complexity index is 764. The number of nitrogens with zero attached hydrogens (tertiary/aromatic N) is 1. The number of amides is 1. The van der Waals surface area contributed by atoms with E-state index in [1.54, 1.807) is 12.4 Å². The van der Waals surface area contributed by atoms with Crippen LogP contribution in [0.4, 0.5) is 0 Å². The summed E-state index contributed by atoms with van der Waals surface area (Å²) >= 11 is 0. The number of hydrogen-bond acceptors (Lipinski definition) is 2. The van der Waals surface area contributed by atoms with Gasteiger partial charge in [0, 0.05) is 30.8 Å². The van der Waals surface area contributed by atoms with E-state index in [0.717, 1.165) is 12.0 Å². The van der Waals surface area contributed by atoms with E-state index in [9.17, 15) is 4.79 Å². The van der Waals surface area contributed by atoms with Crippen molar-refractivity contribution in [1.29, 1.82) is 0 Å². The molecule has 3 nitrogen and oxygen atoms in total. The van der Waals surface area contributed by atoms with Crippen LogP contribution in [0.15, 0.2) is 85.2 Å². The predicted octanol–water partition coefficient (Wildman–Crippen LogP) is 4.35. The van der Waals surface area contributed by atoms with Gasteiger partial charge in [-0.3, -0.25) is 9.78 Å². The van der Waals surface area contributed by atoms with Gasteiger partial charge >= 0.3 is 0 Å². The largest absolute Gasteiger partial charge is 0.353 e. The Morgan fingerprint density at radius 1 is 0.885 bits per heavy atom. The molecule has 2 aromatic carbocycles. The first-order valence-corrected chi connectivity index (χ1v) is 9.02. The molecule has 0 radical (unpaired) electrons. The first kappa shape index (κ1) is 17.9. The van der Waals surface area contributed by atoms with Crippen LogP contribution in [-0.4, -0.2) is 16.9 Å². The number of carbonyl (C=O) groups excluding carboxylic acids is 1. The van der Waals surface area contributed by atoms with Crippen LogP contribution in [0.3, 0.4) is 0 Å². The van der Waals surface area contributed by atoms with Gasteiger partial charge in [-0.05, 0) is 42.2 Å². The normalized spacial score (nSPS) is 11.9. The van der Waals surface area contributed by atoms with Crippen molar-refractivity contribution < 1.29 is 4.79 Å². The monoisotopic (exact) mass is 344 g/mol. The lowest BCUT2D eigenvalue weighted by molar-refractivity contribution is -0.121. The lowest BCUT2D eigenvalue weighted by atomic mass is 9.85. The molecule has 1 unspecified atom stereocenters. The Labute approximate surface area is 155 Å². The first-order valence-electron chi connectivity index (χ1n) is 9.02. The van der Waals surface area contributed by atoms with E-state index in [1.165, 1.54) is 11.1 Å². The Hall–Kier alpha value is -2.94. The van der Waals surface area contributed by atoms with Crippen LogP contribution >= 0.6 is 0 Å². The van der Waals surface area contributed by atoms with Crippen molar-refractivity contribution in [2.75, 3.05) is 0 Å². The molecule has 3 rings (SSSR count). The van der Waals surface area contributed by atoms with Crippen LogP contribution in [0.5, 0.6) is 0 Å². The first-order chi connectivity index (χ1) is 12.7. The number of aromatic nitrogens is 1. The third-order valence-corrected chi connectivity index (χ3v) is 4.60. The quantitative estimate of drug-likeness (QED) is 0.692. The second kappa shape index (κ2) is 8.95. The summed E-state index contributed by atoms with van der Waals surface area (Å²) in [5, 5.41) is 3.19. The van der Waals surface area contributed by atoms with Crippen LogP contribution in [0.2, 0.25) is 0 Å². The van der Waals surface area contributed by atoms with Gasteiger partial charge in [0.15, 0.2) is 0 Å². The fraction of sp³-hybridized carbons (Fsp3) is 0.217. The molecule has 0 saturated carbocycles. The number of nitrogens with one attached hydrogen (secondary N) is 1. The van der Waals surface area contributed by atoms with Crippen molar-refractivity contribution in [3.8, 4) is 0 Å². The summed E-state index contributed by atoms with van der Waals surface area (Å²) < 4.78 is 0. The van der Waals surface area contributed by atoms with Gasteiger partial charge in [-0.15, -0.1) is 0 Å². The molecule has 3 heteroatoms. The second-order valence-electron chi connectivity index (χ2n) is 6.51. The highest BCUT2D eigenvalue weighted by molar-refractivity contribution is 5.76. The maximum atomic E-state index is 12.5. The number of pyridine rings is 1. The fourth-order valence-electron chi connectivity index (χ4n) is 3.31. The third kappa shape index (κ3) is 4.79. The average Bonchev–Trinajstić information content (AvgIpc) is 2.69. The third-order valence-electron chi connectivity index (χ3n) is 4.60. The standard InChI is InChI=1S/C23H24N2O/c1-18(25-22(26)13-12-19-14-16-24-17-15-19)23(20-8-4-2-5-9-20)21-10-6-3-7-11-21/h2-11,14-18,23H,12-13H2,1H3,(H,25,26). The maximum Gasteiger partial charge on any atom is 0.220 e. The van der Waals surface area contributed by atoms with Crippen molar-refractivity contribution in [3.05, 3.63) is 102 Å². The molecular formula is C23H24N2O.